The first-order valence-electron chi connectivity index (χ1n) is 13.3. The number of nitrogens with zero attached hydrogens (tertiary/aromatic N) is 5. The number of nitrogens with one attached hydrogen (secondary N) is 1. The van der Waals surface area contributed by atoms with Crippen LogP contribution in [0.1, 0.15) is 53.9 Å². The van der Waals surface area contributed by atoms with E-state index in [2.05, 4.69) is 36.9 Å². The fourth-order valence-corrected chi connectivity index (χ4v) is 6.36. The highest BCUT2D eigenvalue weighted by atomic mass is 35.5. The number of carbonyl (C=O) groups is 2. The van der Waals surface area contributed by atoms with Crippen molar-refractivity contribution in [3.8, 4) is 0 Å². The third-order valence-corrected chi connectivity index (χ3v) is 8.44. The maximum Gasteiger partial charge on any atom is 0.407 e. The molecule has 5 rings (SSSR count). The van der Waals surface area contributed by atoms with Crippen molar-refractivity contribution in [3.05, 3.63) is 45.2 Å². The first-order chi connectivity index (χ1) is 18.7. The number of halogens is 2. The molecule has 3 aliphatic rings. The fourth-order valence-electron chi connectivity index (χ4n) is 5.93. The van der Waals surface area contributed by atoms with Gasteiger partial charge in [0.15, 0.2) is 22.5 Å². The number of likely N-dealkylation sites (tertiary alicyclic amines) is 1. The third-order valence-electron chi connectivity index (χ3n) is 7.95. The van der Waals surface area contributed by atoms with Gasteiger partial charge in [0, 0.05) is 48.8 Å². The van der Waals surface area contributed by atoms with Crippen LogP contribution in [0.2, 0.25) is 10.2 Å². The largest absolute Gasteiger partial charge is 0.439 e. The molecule has 2 amide bonds. The van der Waals surface area contributed by atoms with Crippen LogP contribution < -0.4 is 21.7 Å². The van der Waals surface area contributed by atoms with Gasteiger partial charge in [-0.05, 0) is 50.0 Å². The van der Waals surface area contributed by atoms with Gasteiger partial charge in [-0.3, -0.25) is 14.6 Å². The van der Waals surface area contributed by atoms with Crippen LogP contribution >= 0.6 is 23.2 Å². The molecule has 3 aliphatic heterocycles. The number of hydrogen-bond acceptors (Lipinski definition) is 9. The summed E-state index contributed by atoms with van der Waals surface area (Å²) >= 11 is 12.6. The van der Waals surface area contributed by atoms with Crippen molar-refractivity contribution in [2.45, 2.75) is 50.9 Å². The molecule has 0 bridgehead atoms. The number of piperazine rings is 1. The van der Waals surface area contributed by atoms with Crippen molar-refractivity contribution in [2.75, 3.05) is 49.9 Å². The molecule has 13 heteroatoms. The summed E-state index contributed by atoms with van der Waals surface area (Å²) in [4.78, 5) is 38.8. The predicted molar refractivity (Wildman–Crippen MR) is 150 cm³/mol. The molecule has 5 N–H and O–H groups in total. The number of nitrogens with two attached hydrogens (primary N) is 2. The lowest BCUT2D eigenvalue weighted by molar-refractivity contribution is 0.0607. The molecule has 1 aromatic heterocycles. The smallest absolute Gasteiger partial charge is 0.407 e. The van der Waals surface area contributed by atoms with Gasteiger partial charge >= 0.3 is 6.09 Å². The summed E-state index contributed by atoms with van der Waals surface area (Å²) in [6.45, 7) is 7.77. The molecule has 210 valence electrons. The lowest BCUT2D eigenvalue weighted by atomic mass is 9.96. The number of nitrogen functional groups attached to an aromatic ring is 1. The SMILES string of the molecule is CC[C@H]1CN(c2nc(N)c(C(N)=O)nc2Cl)CCN1C1CCN(Cc2ccc(Cl)cc2C2CNC(=O)O2)CC1. The maximum absolute atomic E-state index is 11.6. The monoisotopic (exact) mass is 576 g/mol. The summed E-state index contributed by atoms with van der Waals surface area (Å²) in [6, 6.07) is 6.67. The second kappa shape index (κ2) is 11.7. The highest BCUT2D eigenvalue weighted by Gasteiger charge is 2.35. The molecule has 1 unspecified atom stereocenters. The van der Waals surface area contributed by atoms with Gasteiger partial charge < -0.3 is 26.4 Å². The summed E-state index contributed by atoms with van der Waals surface area (Å²) < 4.78 is 5.44. The first kappa shape index (κ1) is 27.7. The molecule has 1 aromatic carbocycles. The number of aromatic nitrogens is 2. The molecule has 3 fully saturated rings. The molecule has 2 aromatic rings. The van der Waals surface area contributed by atoms with Crippen LogP contribution in [0, 0.1) is 0 Å². The van der Waals surface area contributed by atoms with Crippen molar-refractivity contribution in [3.63, 3.8) is 0 Å². The number of carbonyl (C=O) groups excluding carboxylic acids is 2. The minimum absolute atomic E-state index is 0.00375. The molecule has 0 saturated carbocycles. The summed E-state index contributed by atoms with van der Waals surface area (Å²) in [5.74, 6) is -0.257. The van der Waals surface area contributed by atoms with E-state index in [4.69, 9.17) is 39.4 Å². The molecule has 0 spiro atoms. The average molecular weight is 578 g/mol. The van der Waals surface area contributed by atoms with E-state index in [0.717, 1.165) is 69.7 Å². The molecular weight excluding hydrogens is 543 g/mol. The standard InChI is InChI=1S/C26H34Cl2N8O3/c1-2-17-14-35(25-22(28)32-21(24(30)37)23(29)33-25)9-10-36(17)18-5-7-34(8-6-18)13-15-3-4-16(27)11-19(15)20-12-31-26(38)39-20/h3-4,11,17-18,20H,2,5-10,12-14H2,1H3,(H2,29,33)(H2,30,37)(H,31,38)/t17-,20?/m0/s1. The fraction of sp³-hybridized carbons (Fsp3) is 0.538. The van der Waals surface area contributed by atoms with E-state index >= 15 is 0 Å². The van der Waals surface area contributed by atoms with Gasteiger partial charge in [0.2, 0.25) is 0 Å². The highest BCUT2D eigenvalue weighted by molar-refractivity contribution is 6.32. The number of benzene rings is 1. The van der Waals surface area contributed by atoms with E-state index in [9.17, 15) is 9.59 Å². The predicted octanol–water partition coefficient (Wildman–Crippen LogP) is 2.81. The Labute approximate surface area is 237 Å². The topological polar surface area (TPSA) is 143 Å². The molecule has 0 radical (unpaired) electrons. The number of alkyl carbamates (subject to hydrolysis) is 1. The lowest BCUT2D eigenvalue weighted by Crippen LogP contribution is -2.58. The van der Waals surface area contributed by atoms with Crippen LogP contribution in [0.3, 0.4) is 0 Å². The molecule has 11 nitrogen and oxygen atoms in total. The van der Waals surface area contributed by atoms with E-state index in [0.29, 0.717) is 29.5 Å². The molecule has 0 aliphatic carbocycles. The molecule has 4 heterocycles. The van der Waals surface area contributed by atoms with Gasteiger partial charge in [0.25, 0.3) is 5.91 Å². The Morgan fingerprint density at radius 3 is 2.62 bits per heavy atom. The Bertz CT molecular complexity index is 1240. The average Bonchev–Trinajstić information content (AvgIpc) is 3.36. The van der Waals surface area contributed by atoms with Gasteiger partial charge in [-0.1, -0.05) is 36.2 Å². The zero-order chi connectivity index (χ0) is 27.7. The number of amides is 2. The Kier molecular flexibility index (Phi) is 8.32. The maximum atomic E-state index is 11.6. The number of hydrogen-bond donors (Lipinski definition) is 3. The number of piperidine rings is 1. The van der Waals surface area contributed by atoms with E-state index in [1.807, 2.05) is 18.2 Å². The van der Waals surface area contributed by atoms with Crippen molar-refractivity contribution < 1.29 is 14.3 Å². The third kappa shape index (κ3) is 6.01. The van der Waals surface area contributed by atoms with E-state index in [-0.39, 0.29) is 22.8 Å². The minimum Gasteiger partial charge on any atom is -0.439 e. The normalized spacial score (nSPS) is 23.1. The van der Waals surface area contributed by atoms with E-state index in [1.165, 1.54) is 0 Å². The van der Waals surface area contributed by atoms with Crippen LogP contribution in [-0.4, -0.2) is 83.1 Å². The summed E-state index contributed by atoms with van der Waals surface area (Å²) in [6.07, 6.45) is 2.42. The summed E-state index contributed by atoms with van der Waals surface area (Å²) in [5, 5.41) is 3.51. The summed E-state index contributed by atoms with van der Waals surface area (Å²) in [7, 11) is 0. The Hall–Kier alpha value is -2.86. The number of primary amides is 1. The van der Waals surface area contributed by atoms with Crippen molar-refractivity contribution in [1.29, 1.82) is 0 Å². The van der Waals surface area contributed by atoms with Crippen LogP contribution in [0.5, 0.6) is 0 Å². The molecule has 2 atom stereocenters. The van der Waals surface area contributed by atoms with Crippen molar-refractivity contribution >= 4 is 46.8 Å². The van der Waals surface area contributed by atoms with Crippen molar-refractivity contribution in [2.24, 2.45) is 5.73 Å². The second-order valence-electron chi connectivity index (χ2n) is 10.3. The molecular formula is C26H34Cl2N8O3. The molecule has 39 heavy (non-hydrogen) atoms. The number of anilines is 2. The molecule has 3 saturated heterocycles. The lowest BCUT2D eigenvalue weighted by Gasteiger charge is -2.47. The van der Waals surface area contributed by atoms with Gasteiger partial charge in [-0.2, -0.15) is 0 Å². The number of cyclic esters (lactones) is 1. The first-order valence-corrected chi connectivity index (χ1v) is 14.1. The van der Waals surface area contributed by atoms with Crippen LogP contribution in [0.25, 0.3) is 0 Å². The van der Waals surface area contributed by atoms with Gasteiger partial charge in [0.1, 0.15) is 6.10 Å². The van der Waals surface area contributed by atoms with Gasteiger partial charge in [-0.25, -0.2) is 14.8 Å². The Morgan fingerprint density at radius 2 is 1.95 bits per heavy atom. The Balaban J connectivity index is 1.20. The minimum atomic E-state index is -0.748. The highest BCUT2D eigenvalue weighted by Crippen LogP contribution is 2.32. The Morgan fingerprint density at radius 1 is 1.18 bits per heavy atom. The number of ether oxygens (including phenoxy) is 1. The number of rotatable bonds is 7. The van der Waals surface area contributed by atoms with Crippen LogP contribution in [0.4, 0.5) is 16.4 Å². The van der Waals surface area contributed by atoms with E-state index in [1.54, 1.807) is 0 Å². The zero-order valence-electron chi connectivity index (χ0n) is 21.9. The summed E-state index contributed by atoms with van der Waals surface area (Å²) in [5.41, 5.74) is 13.3. The van der Waals surface area contributed by atoms with Crippen molar-refractivity contribution in [1.82, 2.24) is 25.1 Å². The van der Waals surface area contributed by atoms with Crippen LogP contribution in [-0.2, 0) is 11.3 Å². The van der Waals surface area contributed by atoms with Gasteiger partial charge in [0.05, 0.1) is 6.54 Å². The van der Waals surface area contributed by atoms with Crippen LogP contribution in [0.15, 0.2) is 18.2 Å². The van der Waals surface area contributed by atoms with E-state index < -0.39 is 12.0 Å². The zero-order valence-corrected chi connectivity index (χ0v) is 23.4. The quantitative estimate of drug-likeness (QED) is 0.453. The second-order valence-corrected chi connectivity index (χ2v) is 11.1. The van der Waals surface area contributed by atoms with Gasteiger partial charge in [-0.15, -0.1) is 0 Å².